The lowest BCUT2D eigenvalue weighted by molar-refractivity contribution is -0.150. The van der Waals surface area contributed by atoms with E-state index in [1.807, 2.05) is 0 Å². The third kappa shape index (κ3) is 7.31. The molecule has 0 heterocycles. The van der Waals surface area contributed by atoms with Gasteiger partial charge in [-0.05, 0) is 24.3 Å². The largest absolute Gasteiger partial charge is 0.496 e. The van der Waals surface area contributed by atoms with Gasteiger partial charge in [0.15, 0.2) is 6.61 Å². The fraction of sp³-hybridized carbons (Fsp3) is 0.238. The highest BCUT2D eigenvalue weighted by Crippen LogP contribution is 2.20. The summed E-state index contributed by atoms with van der Waals surface area (Å²) in [6, 6.07) is 13.2. The van der Waals surface area contributed by atoms with E-state index in [4.69, 9.17) is 21.1 Å². The summed E-state index contributed by atoms with van der Waals surface area (Å²) < 4.78 is 9.94. The van der Waals surface area contributed by atoms with E-state index in [0.29, 0.717) is 16.5 Å². The quantitative estimate of drug-likeness (QED) is 0.566. The molecule has 0 radical (unpaired) electrons. The van der Waals surface area contributed by atoms with Crippen molar-refractivity contribution in [3.05, 3.63) is 59.1 Å². The molecule has 31 heavy (non-hydrogen) atoms. The monoisotopic (exact) mass is 447 g/mol. The molecule has 0 fully saturated rings. The number of carbonyl (C=O) groups is 4. The number of anilines is 1. The minimum atomic E-state index is -0.800. The topological polar surface area (TPSA) is 114 Å². The lowest BCUT2D eigenvalue weighted by Crippen LogP contribution is -2.38. The van der Waals surface area contributed by atoms with Crippen LogP contribution in [0.25, 0.3) is 0 Å². The summed E-state index contributed by atoms with van der Waals surface area (Å²) in [5.74, 6) is -2.00. The van der Waals surface area contributed by atoms with Crippen LogP contribution >= 0.6 is 11.6 Å². The summed E-state index contributed by atoms with van der Waals surface area (Å²) in [6.45, 7) is -1.26. The van der Waals surface area contributed by atoms with Crippen LogP contribution in [0.1, 0.15) is 10.4 Å². The van der Waals surface area contributed by atoms with Crippen LogP contribution in [0.5, 0.6) is 5.75 Å². The first-order valence-corrected chi connectivity index (χ1v) is 9.54. The number of carbonyl (C=O) groups excluding carboxylic acids is 4. The number of benzene rings is 2. The molecular weight excluding hydrogens is 426 g/mol. The van der Waals surface area contributed by atoms with Gasteiger partial charge in [0.1, 0.15) is 12.3 Å². The Hall–Kier alpha value is -3.59. The van der Waals surface area contributed by atoms with Gasteiger partial charge in [-0.3, -0.25) is 19.2 Å². The molecule has 2 aromatic carbocycles. The highest BCUT2D eigenvalue weighted by Gasteiger charge is 2.17. The van der Waals surface area contributed by atoms with E-state index >= 15 is 0 Å². The van der Waals surface area contributed by atoms with E-state index in [1.165, 1.54) is 14.2 Å². The Balaban J connectivity index is 1.74. The van der Waals surface area contributed by atoms with E-state index in [1.54, 1.807) is 48.5 Å². The lowest BCUT2D eigenvalue weighted by Gasteiger charge is -2.17. The fourth-order valence-corrected chi connectivity index (χ4v) is 2.62. The predicted molar refractivity (Wildman–Crippen MR) is 114 cm³/mol. The average Bonchev–Trinajstić information content (AvgIpc) is 2.77. The van der Waals surface area contributed by atoms with Crippen molar-refractivity contribution in [2.45, 2.75) is 0 Å². The van der Waals surface area contributed by atoms with E-state index in [0.717, 1.165) is 4.90 Å². The van der Waals surface area contributed by atoms with Crippen LogP contribution in [-0.2, 0) is 19.1 Å². The maximum absolute atomic E-state index is 12.1. The second-order valence-electron chi connectivity index (χ2n) is 6.32. The van der Waals surface area contributed by atoms with Crippen molar-refractivity contribution in [1.82, 2.24) is 10.2 Å². The van der Waals surface area contributed by atoms with E-state index < -0.39 is 36.8 Å². The summed E-state index contributed by atoms with van der Waals surface area (Å²) in [4.78, 5) is 49.2. The lowest BCUT2D eigenvalue weighted by atomic mass is 10.2. The SMILES string of the molecule is COc1ccccc1C(=O)NCC(=O)OCC(=O)N(C)CC(=O)Nc1ccccc1Cl. The van der Waals surface area contributed by atoms with Crippen molar-refractivity contribution in [3.8, 4) is 5.75 Å². The minimum Gasteiger partial charge on any atom is -0.496 e. The van der Waals surface area contributed by atoms with Crippen molar-refractivity contribution in [2.24, 2.45) is 0 Å². The zero-order valence-corrected chi connectivity index (χ0v) is 17.8. The Bertz CT molecular complexity index is 966. The number of nitrogens with one attached hydrogen (secondary N) is 2. The Morgan fingerprint density at radius 1 is 1.03 bits per heavy atom. The van der Waals surface area contributed by atoms with E-state index in [9.17, 15) is 19.2 Å². The molecule has 0 aromatic heterocycles. The number of esters is 1. The van der Waals surface area contributed by atoms with Crippen molar-refractivity contribution in [3.63, 3.8) is 0 Å². The van der Waals surface area contributed by atoms with Crippen LogP contribution in [0.3, 0.4) is 0 Å². The molecule has 0 bridgehead atoms. The van der Waals surface area contributed by atoms with Crippen molar-refractivity contribution in [1.29, 1.82) is 0 Å². The molecule has 2 rings (SSSR count). The van der Waals surface area contributed by atoms with Gasteiger partial charge in [-0.1, -0.05) is 35.9 Å². The van der Waals surface area contributed by atoms with Gasteiger partial charge in [0.25, 0.3) is 11.8 Å². The number of rotatable bonds is 9. The Kier molecular flexibility index (Phi) is 8.83. The fourth-order valence-electron chi connectivity index (χ4n) is 2.44. The first-order chi connectivity index (χ1) is 14.8. The highest BCUT2D eigenvalue weighted by molar-refractivity contribution is 6.33. The maximum Gasteiger partial charge on any atom is 0.325 e. The molecule has 10 heteroatoms. The summed E-state index contributed by atoms with van der Waals surface area (Å²) >= 11 is 5.97. The summed E-state index contributed by atoms with van der Waals surface area (Å²) in [5.41, 5.74) is 0.686. The molecule has 0 saturated heterocycles. The van der Waals surface area contributed by atoms with Crippen LogP contribution in [0.15, 0.2) is 48.5 Å². The molecule has 2 aromatic rings. The first kappa shape index (κ1) is 23.7. The van der Waals surface area contributed by atoms with Gasteiger partial charge in [-0.25, -0.2) is 0 Å². The molecule has 0 saturated carbocycles. The summed E-state index contributed by atoms with van der Waals surface area (Å²) in [7, 11) is 2.82. The number of methoxy groups -OCH3 is 1. The second-order valence-corrected chi connectivity index (χ2v) is 6.73. The van der Waals surface area contributed by atoms with Crippen LogP contribution < -0.4 is 15.4 Å². The van der Waals surface area contributed by atoms with Crippen LogP contribution in [0.2, 0.25) is 5.02 Å². The number of nitrogens with zero attached hydrogens (tertiary/aromatic N) is 1. The number of ether oxygens (including phenoxy) is 2. The maximum atomic E-state index is 12.1. The zero-order chi connectivity index (χ0) is 22.8. The molecule has 164 valence electrons. The van der Waals surface area contributed by atoms with Gasteiger partial charge in [-0.2, -0.15) is 0 Å². The average molecular weight is 448 g/mol. The van der Waals surface area contributed by atoms with Gasteiger partial charge in [-0.15, -0.1) is 0 Å². The second kappa shape index (κ2) is 11.6. The van der Waals surface area contributed by atoms with Gasteiger partial charge in [0.05, 0.1) is 29.9 Å². The number of para-hydroxylation sites is 2. The molecule has 9 nitrogen and oxygen atoms in total. The van der Waals surface area contributed by atoms with Crippen molar-refractivity contribution in [2.75, 3.05) is 39.2 Å². The molecule has 0 aliphatic rings. The van der Waals surface area contributed by atoms with Gasteiger partial charge in [0, 0.05) is 7.05 Å². The van der Waals surface area contributed by atoms with Crippen LogP contribution in [0.4, 0.5) is 5.69 Å². The van der Waals surface area contributed by atoms with Crippen LogP contribution in [0, 0.1) is 0 Å². The molecule has 0 aliphatic heterocycles. The molecule has 0 spiro atoms. The number of likely N-dealkylation sites (N-methyl/N-ethyl adjacent to an activating group) is 1. The number of halogens is 1. The molecule has 2 N–H and O–H groups in total. The highest BCUT2D eigenvalue weighted by atomic mass is 35.5. The minimum absolute atomic E-state index is 0.258. The number of amides is 3. The zero-order valence-electron chi connectivity index (χ0n) is 17.0. The van der Waals surface area contributed by atoms with Gasteiger partial charge < -0.3 is 25.0 Å². The molecule has 0 unspecified atom stereocenters. The Labute approximate surface area is 184 Å². The summed E-state index contributed by atoms with van der Waals surface area (Å²) in [5, 5.41) is 5.35. The number of hydrogen-bond donors (Lipinski definition) is 2. The van der Waals surface area contributed by atoms with Crippen LogP contribution in [-0.4, -0.2) is 62.4 Å². The Morgan fingerprint density at radius 2 is 1.71 bits per heavy atom. The predicted octanol–water partition coefficient (Wildman–Crippen LogP) is 1.72. The van der Waals surface area contributed by atoms with Crippen molar-refractivity contribution >= 4 is 41.0 Å². The first-order valence-electron chi connectivity index (χ1n) is 9.17. The smallest absolute Gasteiger partial charge is 0.325 e. The van der Waals surface area contributed by atoms with Crippen molar-refractivity contribution < 1.29 is 28.7 Å². The molecule has 3 amide bonds. The molecular formula is C21H22ClN3O6. The molecule has 0 atom stereocenters. The Morgan fingerprint density at radius 3 is 2.42 bits per heavy atom. The summed E-state index contributed by atoms with van der Waals surface area (Å²) in [6.07, 6.45) is 0. The van der Waals surface area contributed by atoms with E-state index in [2.05, 4.69) is 10.6 Å². The molecule has 0 aliphatic carbocycles. The third-order valence-corrected chi connectivity index (χ3v) is 4.39. The number of hydrogen-bond acceptors (Lipinski definition) is 6. The van der Waals surface area contributed by atoms with Gasteiger partial charge >= 0.3 is 5.97 Å². The standard InChI is InChI=1S/C21H22ClN3O6/c1-25(12-18(26)24-16-9-5-4-8-15(16)22)19(27)13-31-20(28)11-23-21(29)14-7-3-6-10-17(14)30-2/h3-10H,11-13H2,1-2H3,(H,23,29)(H,24,26). The van der Waals surface area contributed by atoms with Gasteiger partial charge in [0.2, 0.25) is 5.91 Å². The third-order valence-electron chi connectivity index (χ3n) is 4.06. The van der Waals surface area contributed by atoms with E-state index in [-0.39, 0.29) is 12.1 Å². The normalized spacial score (nSPS) is 10.0.